The van der Waals surface area contributed by atoms with Crippen molar-refractivity contribution in [2.24, 2.45) is 5.92 Å². The third kappa shape index (κ3) is 3.05. The molecule has 2 nitrogen and oxygen atoms in total. The van der Waals surface area contributed by atoms with Crippen molar-refractivity contribution in [2.75, 3.05) is 6.54 Å². The van der Waals surface area contributed by atoms with Crippen LogP contribution in [0, 0.1) is 17.2 Å². The smallest absolute Gasteiger partial charge is 0.110 e. The van der Waals surface area contributed by atoms with E-state index in [1.807, 2.05) is 12.1 Å². The van der Waals surface area contributed by atoms with Crippen molar-refractivity contribution in [3.63, 3.8) is 0 Å². The van der Waals surface area contributed by atoms with Crippen LogP contribution in [0.4, 0.5) is 0 Å². The predicted octanol–water partition coefficient (Wildman–Crippen LogP) is 2.90. The maximum absolute atomic E-state index is 8.69. The first-order chi connectivity index (χ1) is 7.38. The van der Waals surface area contributed by atoms with Crippen LogP contribution in [-0.2, 0) is 6.54 Å². The maximum atomic E-state index is 8.69. The zero-order valence-electron chi connectivity index (χ0n) is 8.83. The average Bonchev–Trinajstić information content (AvgIpc) is 2.88. The second-order valence-electron chi connectivity index (χ2n) is 4.16. The van der Waals surface area contributed by atoms with Crippen LogP contribution in [0.15, 0.2) is 12.1 Å². The van der Waals surface area contributed by atoms with Crippen LogP contribution in [-0.4, -0.2) is 6.54 Å². The van der Waals surface area contributed by atoms with Crippen molar-refractivity contribution in [3.8, 4) is 6.07 Å². The fraction of sp³-hybridized carbons (Fsp3) is 0.583. The van der Waals surface area contributed by atoms with Gasteiger partial charge in [0, 0.05) is 11.4 Å². The first kappa shape index (κ1) is 10.7. The standard InChI is InChI=1S/C12H16N2S/c13-7-11-5-6-12(15-11)9-14-8-10-3-1-2-4-10/h5-6,10,14H,1-4,8-9H2. The van der Waals surface area contributed by atoms with E-state index in [2.05, 4.69) is 11.4 Å². The topological polar surface area (TPSA) is 35.8 Å². The van der Waals surface area contributed by atoms with Crippen molar-refractivity contribution in [3.05, 3.63) is 21.9 Å². The van der Waals surface area contributed by atoms with Crippen LogP contribution >= 0.6 is 11.3 Å². The SMILES string of the molecule is N#Cc1ccc(CNCC2CCCC2)s1. The highest BCUT2D eigenvalue weighted by atomic mass is 32.1. The van der Waals surface area contributed by atoms with Crippen molar-refractivity contribution in [1.82, 2.24) is 5.32 Å². The predicted molar refractivity (Wildman–Crippen MR) is 62.7 cm³/mol. The molecule has 0 amide bonds. The molecule has 0 radical (unpaired) electrons. The van der Waals surface area contributed by atoms with Gasteiger partial charge in [-0.2, -0.15) is 5.26 Å². The molecule has 0 aliphatic heterocycles. The Balaban J connectivity index is 1.71. The normalized spacial score (nSPS) is 16.7. The molecule has 80 valence electrons. The Kier molecular flexibility index (Phi) is 3.76. The summed E-state index contributed by atoms with van der Waals surface area (Å²) in [5, 5.41) is 12.2. The molecule has 0 bridgehead atoms. The summed E-state index contributed by atoms with van der Waals surface area (Å²) in [7, 11) is 0. The molecule has 1 aliphatic carbocycles. The summed E-state index contributed by atoms with van der Waals surface area (Å²) in [6.07, 6.45) is 5.59. The summed E-state index contributed by atoms with van der Waals surface area (Å²) in [5.41, 5.74) is 0. The highest BCUT2D eigenvalue weighted by Crippen LogP contribution is 2.24. The van der Waals surface area contributed by atoms with Crippen LogP contribution in [0.25, 0.3) is 0 Å². The van der Waals surface area contributed by atoms with Gasteiger partial charge in [0.1, 0.15) is 10.9 Å². The number of nitrogens with zero attached hydrogens (tertiary/aromatic N) is 1. The van der Waals surface area contributed by atoms with Crippen molar-refractivity contribution < 1.29 is 0 Å². The molecule has 1 aliphatic rings. The Morgan fingerprint density at radius 2 is 2.20 bits per heavy atom. The Morgan fingerprint density at radius 3 is 2.87 bits per heavy atom. The van der Waals surface area contributed by atoms with Gasteiger partial charge in [0.05, 0.1) is 0 Å². The summed E-state index contributed by atoms with van der Waals surface area (Å²) in [6.45, 7) is 2.06. The molecule has 0 aromatic carbocycles. The zero-order chi connectivity index (χ0) is 10.5. The van der Waals surface area contributed by atoms with E-state index in [0.717, 1.165) is 23.9 Å². The molecule has 1 fully saturated rings. The summed E-state index contributed by atoms with van der Waals surface area (Å²) in [6, 6.07) is 6.12. The molecule has 0 saturated heterocycles. The molecular weight excluding hydrogens is 204 g/mol. The highest BCUT2D eigenvalue weighted by molar-refractivity contribution is 7.12. The maximum Gasteiger partial charge on any atom is 0.110 e. The van der Waals surface area contributed by atoms with Gasteiger partial charge < -0.3 is 5.32 Å². The minimum absolute atomic E-state index is 0.813. The highest BCUT2D eigenvalue weighted by Gasteiger charge is 2.13. The molecule has 1 aromatic rings. The summed E-state index contributed by atoms with van der Waals surface area (Å²) >= 11 is 1.59. The van der Waals surface area contributed by atoms with Gasteiger partial charge >= 0.3 is 0 Å². The fourth-order valence-electron chi connectivity index (χ4n) is 2.15. The summed E-state index contributed by atoms with van der Waals surface area (Å²) in [5.74, 6) is 0.889. The van der Waals surface area contributed by atoms with Gasteiger partial charge in [-0.3, -0.25) is 0 Å². The first-order valence-electron chi connectivity index (χ1n) is 5.58. The van der Waals surface area contributed by atoms with Crippen molar-refractivity contribution in [2.45, 2.75) is 32.2 Å². The van der Waals surface area contributed by atoms with E-state index in [1.54, 1.807) is 11.3 Å². The van der Waals surface area contributed by atoms with Crippen LogP contribution in [0.5, 0.6) is 0 Å². The molecular formula is C12H16N2S. The summed E-state index contributed by atoms with van der Waals surface area (Å²) in [4.78, 5) is 2.08. The van der Waals surface area contributed by atoms with Crippen LogP contribution < -0.4 is 5.32 Å². The Hall–Kier alpha value is -0.850. The number of nitrogens with one attached hydrogen (secondary N) is 1. The lowest BCUT2D eigenvalue weighted by molar-refractivity contribution is 0.491. The molecule has 1 N–H and O–H groups in total. The minimum atomic E-state index is 0.813. The van der Waals surface area contributed by atoms with Gasteiger partial charge in [-0.15, -0.1) is 11.3 Å². The lowest BCUT2D eigenvalue weighted by atomic mass is 10.1. The third-order valence-corrected chi connectivity index (χ3v) is 3.97. The third-order valence-electron chi connectivity index (χ3n) is 2.98. The van der Waals surface area contributed by atoms with E-state index >= 15 is 0 Å². The lowest BCUT2D eigenvalue weighted by Gasteiger charge is -2.09. The Bertz CT molecular complexity index is 345. The molecule has 3 heteroatoms. The van der Waals surface area contributed by atoms with Gasteiger partial charge in [-0.1, -0.05) is 12.8 Å². The fourth-order valence-corrected chi connectivity index (χ4v) is 2.92. The van der Waals surface area contributed by atoms with Gasteiger partial charge in [0.25, 0.3) is 0 Å². The molecule has 1 heterocycles. The van der Waals surface area contributed by atoms with Crippen LogP contribution in [0.2, 0.25) is 0 Å². The van der Waals surface area contributed by atoms with E-state index in [4.69, 9.17) is 5.26 Å². The quantitative estimate of drug-likeness (QED) is 0.847. The van der Waals surface area contributed by atoms with Crippen LogP contribution in [0.3, 0.4) is 0 Å². The molecule has 1 aromatic heterocycles. The summed E-state index contributed by atoms with van der Waals surface area (Å²) < 4.78 is 0. The van der Waals surface area contributed by atoms with Gasteiger partial charge in [0.2, 0.25) is 0 Å². The van der Waals surface area contributed by atoms with Gasteiger partial charge in [0.15, 0.2) is 0 Å². The number of nitriles is 1. The average molecular weight is 220 g/mol. The molecule has 0 spiro atoms. The zero-order valence-corrected chi connectivity index (χ0v) is 9.65. The Labute approximate surface area is 94.9 Å². The molecule has 15 heavy (non-hydrogen) atoms. The van der Waals surface area contributed by atoms with Gasteiger partial charge in [-0.05, 0) is 37.4 Å². The number of hydrogen-bond donors (Lipinski definition) is 1. The molecule has 1 saturated carbocycles. The van der Waals surface area contributed by atoms with E-state index in [9.17, 15) is 0 Å². The lowest BCUT2D eigenvalue weighted by Crippen LogP contribution is -2.20. The van der Waals surface area contributed by atoms with E-state index < -0.39 is 0 Å². The van der Waals surface area contributed by atoms with E-state index in [1.165, 1.54) is 30.6 Å². The number of rotatable bonds is 4. The Morgan fingerprint density at radius 1 is 1.40 bits per heavy atom. The second-order valence-corrected chi connectivity index (χ2v) is 5.33. The monoisotopic (exact) mass is 220 g/mol. The first-order valence-corrected chi connectivity index (χ1v) is 6.39. The number of thiophene rings is 1. The molecule has 0 unspecified atom stereocenters. The van der Waals surface area contributed by atoms with Crippen LogP contribution in [0.1, 0.15) is 35.4 Å². The van der Waals surface area contributed by atoms with Crippen molar-refractivity contribution in [1.29, 1.82) is 5.26 Å². The molecule has 2 rings (SSSR count). The molecule has 0 atom stereocenters. The van der Waals surface area contributed by atoms with Crippen molar-refractivity contribution >= 4 is 11.3 Å². The minimum Gasteiger partial charge on any atom is -0.312 e. The second kappa shape index (κ2) is 5.29. The van der Waals surface area contributed by atoms with E-state index in [0.29, 0.717) is 0 Å². The number of hydrogen-bond acceptors (Lipinski definition) is 3. The largest absolute Gasteiger partial charge is 0.312 e. The van der Waals surface area contributed by atoms with Gasteiger partial charge in [-0.25, -0.2) is 0 Å². The van der Waals surface area contributed by atoms with E-state index in [-0.39, 0.29) is 0 Å².